The molecule has 0 saturated heterocycles. The van der Waals surface area contributed by atoms with Gasteiger partial charge in [0.05, 0.1) is 12.5 Å². The zero-order chi connectivity index (χ0) is 15.7. The van der Waals surface area contributed by atoms with Crippen LogP contribution >= 0.6 is 0 Å². The Kier molecular flexibility index (Phi) is 3.56. The van der Waals surface area contributed by atoms with Gasteiger partial charge >= 0.3 is 0 Å². The number of carbonyl (C=O) groups is 1. The summed E-state index contributed by atoms with van der Waals surface area (Å²) in [6, 6.07) is 9.75. The lowest BCUT2D eigenvalue weighted by Gasteiger charge is -2.17. The van der Waals surface area contributed by atoms with E-state index in [1.165, 1.54) is 0 Å². The maximum Gasteiger partial charge on any atom is 0.237 e. The number of amides is 1. The van der Waals surface area contributed by atoms with Crippen LogP contribution in [-0.4, -0.2) is 23.0 Å². The first-order valence-electron chi connectivity index (χ1n) is 7.32. The maximum absolute atomic E-state index is 12.7. The minimum absolute atomic E-state index is 0.0468. The quantitative estimate of drug-likeness (QED) is 0.942. The van der Waals surface area contributed by atoms with Gasteiger partial charge in [-0.2, -0.15) is 4.98 Å². The molecule has 2 aromatic rings. The van der Waals surface area contributed by atoms with E-state index >= 15 is 0 Å². The highest BCUT2D eigenvalue weighted by Gasteiger charge is 2.52. The average molecular weight is 297 g/mol. The predicted molar refractivity (Wildman–Crippen MR) is 84.0 cm³/mol. The van der Waals surface area contributed by atoms with Gasteiger partial charge in [-0.3, -0.25) is 10.1 Å². The summed E-state index contributed by atoms with van der Waals surface area (Å²) in [5.74, 6) is 0.694. The maximum atomic E-state index is 12.7. The van der Waals surface area contributed by atoms with Gasteiger partial charge in [-0.15, -0.1) is 0 Å². The van der Waals surface area contributed by atoms with Crippen molar-refractivity contribution in [2.45, 2.75) is 32.1 Å². The lowest BCUT2D eigenvalue weighted by Crippen LogP contribution is -2.29. The third-order valence-corrected chi connectivity index (χ3v) is 4.11. The lowest BCUT2D eigenvalue weighted by molar-refractivity contribution is -0.118. The molecular weight excluding hydrogens is 278 g/mol. The summed E-state index contributed by atoms with van der Waals surface area (Å²) >= 11 is 0. The van der Waals surface area contributed by atoms with Crippen molar-refractivity contribution < 1.29 is 9.53 Å². The van der Waals surface area contributed by atoms with Gasteiger partial charge in [0.25, 0.3) is 0 Å². The molecule has 0 radical (unpaired) electrons. The van der Waals surface area contributed by atoms with Gasteiger partial charge in [-0.1, -0.05) is 24.3 Å². The molecular formula is C17H19N3O2. The van der Waals surface area contributed by atoms with Gasteiger partial charge in [0, 0.05) is 11.8 Å². The zero-order valence-corrected chi connectivity index (χ0v) is 13.0. The second kappa shape index (κ2) is 5.40. The summed E-state index contributed by atoms with van der Waals surface area (Å²) in [6.07, 6.45) is 1.71. The molecule has 1 saturated carbocycles. The smallest absolute Gasteiger partial charge is 0.237 e. The topological polar surface area (TPSA) is 64.1 Å². The Balaban J connectivity index is 1.86. The minimum atomic E-state index is -0.439. The fraction of sp³-hybridized carbons (Fsp3) is 0.353. The molecule has 1 aromatic carbocycles. The summed E-state index contributed by atoms with van der Waals surface area (Å²) < 4.78 is 5.12. The second-order valence-electron chi connectivity index (χ2n) is 5.73. The highest BCUT2D eigenvalue weighted by molar-refractivity contribution is 6.00. The first-order valence-corrected chi connectivity index (χ1v) is 7.32. The number of ether oxygens (including phenoxy) is 1. The third kappa shape index (κ3) is 2.54. The van der Waals surface area contributed by atoms with Gasteiger partial charge in [0.1, 0.15) is 0 Å². The first kappa shape index (κ1) is 14.5. The molecule has 1 N–H and O–H groups in total. The highest BCUT2D eigenvalue weighted by Crippen LogP contribution is 2.49. The lowest BCUT2D eigenvalue weighted by atomic mass is 9.91. The number of hydrogen-bond donors (Lipinski definition) is 1. The number of anilines is 1. The summed E-state index contributed by atoms with van der Waals surface area (Å²) in [5, 5.41) is 2.84. The molecule has 3 rings (SSSR count). The molecule has 1 aromatic heterocycles. The van der Waals surface area contributed by atoms with Crippen molar-refractivity contribution in [2.75, 3.05) is 12.4 Å². The minimum Gasteiger partial charge on any atom is -0.481 e. The second-order valence-corrected chi connectivity index (χ2v) is 5.73. The Morgan fingerprint density at radius 2 is 1.95 bits per heavy atom. The number of nitrogens with zero attached hydrogens (tertiary/aromatic N) is 2. The van der Waals surface area contributed by atoms with E-state index in [4.69, 9.17) is 4.74 Å². The molecule has 1 fully saturated rings. The molecule has 0 atom stereocenters. The number of benzene rings is 1. The number of aromatic nitrogens is 2. The van der Waals surface area contributed by atoms with Crippen molar-refractivity contribution in [1.82, 2.24) is 9.97 Å². The van der Waals surface area contributed by atoms with Crippen molar-refractivity contribution in [3.8, 4) is 5.88 Å². The SMILES string of the molecule is COc1cc(C)nc(NC(=O)C2(c3ccccc3C)CC2)n1. The van der Waals surface area contributed by atoms with E-state index in [0.717, 1.165) is 29.7 Å². The Morgan fingerprint density at radius 1 is 1.23 bits per heavy atom. The standard InChI is InChI=1S/C17H19N3O2/c1-11-6-4-5-7-13(11)17(8-9-17)15(21)20-16-18-12(2)10-14(19-16)22-3/h4-7,10H,8-9H2,1-3H3,(H,18,19,20,21). The highest BCUT2D eigenvalue weighted by atomic mass is 16.5. The molecule has 114 valence electrons. The zero-order valence-electron chi connectivity index (χ0n) is 13.0. The van der Waals surface area contributed by atoms with Crippen molar-refractivity contribution in [2.24, 2.45) is 0 Å². The van der Waals surface area contributed by atoms with Crippen LogP contribution in [0, 0.1) is 13.8 Å². The number of rotatable bonds is 4. The molecule has 0 spiro atoms. The van der Waals surface area contributed by atoms with Crippen LogP contribution in [0.5, 0.6) is 5.88 Å². The van der Waals surface area contributed by atoms with Gasteiger partial charge in [0.15, 0.2) is 0 Å². The van der Waals surface area contributed by atoms with E-state index in [9.17, 15) is 4.79 Å². The average Bonchev–Trinajstić information content (AvgIpc) is 3.28. The summed E-state index contributed by atoms with van der Waals surface area (Å²) in [6.45, 7) is 3.88. The van der Waals surface area contributed by atoms with Crippen molar-refractivity contribution in [3.63, 3.8) is 0 Å². The van der Waals surface area contributed by atoms with Crippen molar-refractivity contribution in [1.29, 1.82) is 0 Å². The van der Waals surface area contributed by atoms with E-state index in [1.807, 2.05) is 38.1 Å². The first-order chi connectivity index (χ1) is 10.5. The number of hydrogen-bond acceptors (Lipinski definition) is 4. The Hall–Kier alpha value is -2.43. The van der Waals surface area contributed by atoms with E-state index in [2.05, 4.69) is 15.3 Å². The van der Waals surface area contributed by atoms with Crippen LogP contribution in [0.25, 0.3) is 0 Å². The summed E-state index contributed by atoms with van der Waals surface area (Å²) in [7, 11) is 1.54. The van der Waals surface area contributed by atoms with Crippen LogP contribution in [0.2, 0.25) is 0 Å². The van der Waals surface area contributed by atoms with Crippen molar-refractivity contribution >= 4 is 11.9 Å². The number of carbonyl (C=O) groups excluding carboxylic acids is 1. The Bertz CT molecular complexity index is 724. The van der Waals surface area contributed by atoms with E-state index in [0.29, 0.717) is 11.8 Å². The van der Waals surface area contributed by atoms with Crippen LogP contribution in [0.15, 0.2) is 30.3 Å². The molecule has 0 unspecified atom stereocenters. The van der Waals surface area contributed by atoms with Gasteiger partial charge in [-0.25, -0.2) is 4.98 Å². The van der Waals surface area contributed by atoms with Crippen molar-refractivity contribution in [3.05, 3.63) is 47.2 Å². The normalized spacial score (nSPS) is 15.2. The fourth-order valence-corrected chi connectivity index (χ4v) is 2.77. The summed E-state index contributed by atoms with van der Waals surface area (Å²) in [4.78, 5) is 21.2. The largest absolute Gasteiger partial charge is 0.481 e. The van der Waals surface area contributed by atoms with E-state index in [1.54, 1.807) is 13.2 Å². The van der Waals surface area contributed by atoms with Gasteiger partial charge in [-0.05, 0) is 37.8 Å². The number of nitrogens with one attached hydrogen (secondary N) is 1. The molecule has 1 heterocycles. The molecule has 5 nitrogen and oxygen atoms in total. The number of methoxy groups -OCH3 is 1. The van der Waals surface area contributed by atoms with E-state index < -0.39 is 5.41 Å². The number of aryl methyl sites for hydroxylation is 2. The van der Waals surface area contributed by atoms with Crippen LogP contribution < -0.4 is 10.1 Å². The Labute approximate surface area is 129 Å². The Morgan fingerprint density at radius 3 is 2.59 bits per heavy atom. The third-order valence-electron chi connectivity index (χ3n) is 4.11. The summed E-state index contributed by atoms with van der Waals surface area (Å²) in [5.41, 5.74) is 2.54. The van der Waals surface area contributed by atoms with Crippen LogP contribution in [-0.2, 0) is 10.2 Å². The monoisotopic (exact) mass is 297 g/mol. The van der Waals surface area contributed by atoms with Gasteiger partial charge in [0.2, 0.25) is 17.7 Å². The fourth-order valence-electron chi connectivity index (χ4n) is 2.77. The molecule has 0 bridgehead atoms. The molecule has 0 aliphatic heterocycles. The molecule has 22 heavy (non-hydrogen) atoms. The molecule has 5 heteroatoms. The van der Waals surface area contributed by atoms with Crippen LogP contribution in [0.1, 0.15) is 29.7 Å². The van der Waals surface area contributed by atoms with E-state index in [-0.39, 0.29) is 5.91 Å². The predicted octanol–water partition coefficient (Wildman–Crippen LogP) is 2.77. The molecule has 1 aliphatic rings. The van der Waals surface area contributed by atoms with Gasteiger partial charge < -0.3 is 4.74 Å². The molecule has 1 aliphatic carbocycles. The molecule has 1 amide bonds. The van der Waals surface area contributed by atoms with Crippen LogP contribution in [0.4, 0.5) is 5.95 Å². The van der Waals surface area contributed by atoms with Crippen LogP contribution in [0.3, 0.4) is 0 Å².